The Morgan fingerprint density at radius 2 is 1.93 bits per heavy atom. The number of rotatable bonds is 8. The fourth-order valence-corrected chi connectivity index (χ4v) is 6.87. The maximum Gasteiger partial charge on any atom is 0.451 e. The first-order valence-electron chi connectivity index (χ1n) is 13.0. The number of nitrogens with zero attached hydrogens (tertiary/aromatic N) is 2. The molecule has 8 nitrogen and oxygen atoms in total. The van der Waals surface area contributed by atoms with Gasteiger partial charge in [0.25, 0.3) is 0 Å². The summed E-state index contributed by atoms with van der Waals surface area (Å²) < 4.78 is 57.7. The summed E-state index contributed by atoms with van der Waals surface area (Å²) in [6, 6.07) is 5.15. The lowest BCUT2D eigenvalue weighted by Gasteiger charge is -2.39. The molecule has 3 saturated carbocycles. The molecule has 2 bridgehead atoms. The number of alkyl halides is 3. The van der Waals surface area contributed by atoms with E-state index in [0.717, 1.165) is 18.4 Å². The third-order valence-electron chi connectivity index (χ3n) is 8.13. The average Bonchev–Trinajstić information content (AvgIpc) is 3.42. The largest absolute Gasteiger partial charge is 0.481 e. The van der Waals surface area contributed by atoms with Crippen molar-refractivity contribution in [2.45, 2.75) is 81.3 Å². The zero-order valence-electron chi connectivity index (χ0n) is 21.0. The van der Waals surface area contributed by atoms with Gasteiger partial charge in [-0.2, -0.15) is 13.2 Å². The summed E-state index contributed by atoms with van der Waals surface area (Å²) in [4.78, 5) is 15.1. The maximum absolute atomic E-state index is 13.5. The predicted octanol–water partition coefficient (Wildman–Crippen LogP) is 6.76. The molecule has 0 amide bonds. The van der Waals surface area contributed by atoms with Gasteiger partial charge >= 0.3 is 12.1 Å². The Kier molecular flexibility index (Phi) is 6.92. The Balaban J connectivity index is 1.23. The van der Waals surface area contributed by atoms with E-state index in [1.54, 1.807) is 18.2 Å². The third kappa shape index (κ3) is 5.01. The molecular formula is C27H25Cl2F3N2O6. The van der Waals surface area contributed by atoms with Crippen LogP contribution < -0.4 is 0 Å². The van der Waals surface area contributed by atoms with Gasteiger partial charge in [-0.3, -0.25) is 4.79 Å². The fraction of sp³-hybridized carbons (Fsp3) is 0.519. The van der Waals surface area contributed by atoms with Crippen LogP contribution in [0.3, 0.4) is 0 Å². The van der Waals surface area contributed by atoms with Crippen LogP contribution in [-0.4, -0.2) is 38.0 Å². The molecule has 2 heterocycles. The number of hydrogen-bond acceptors (Lipinski definition) is 7. The van der Waals surface area contributed by atoms with Gasteiger partial charge in [0.1, 0.15) is 17.1 Å². The summed E-state index contributed by atoms with van der Waals surface area (Å²) in [5, 5.41) is 25.7. The highest BCUT2D eigenvalue weighted by molar-refractivity contribution is 6.39. The zero-order valence-corrected chi connectivity index (χ0v) is 22.5. The van der Waals surface area contributed by atoms with Gasteiger partial charge in [-0.05, 0) is 50.2 Å². The number of oxazole rings is 1. The smallest absolute Gasteiger partial charge is 0.451 e. The number of ether oxygens (including phenoxy) is 1. The summed E-state index contributed by atoms with van der Waals surface area (Å²) in [6.07, 6.45) is -2.83. The van der Waals surface area contributed by atoms with Gasteiger partial charge in [-0.25, -0.2) is 4.98 Å². The second kappa shape index (κ2) is 10.0. The van der Waals surface area contributed by atoms with Crippen molar-refractivity contribution in [3.8, 4) is 11.3 Å². The van der Waals surface area contributed by atoms with Crippen LogP contribution in [0.25, 0.3) is 11.3 Å². The second-order valence-electron chi connectivity index (χ2n) is 10.9. The summed E-state index contributed by atoms with van der Waals surface area (Å²) in [5.74, 6) is -3.29. The predicted molar refractivity (Wildman–Crippen MR) is 135 cm³/mol. The SMILES string of the molecule is O=C(O)Cc1nc([C@@H]2[C@H]3CC[C@@]2(O)C[C@@H](OCc2c(-c4c(Cl)cccc4Cl)noc2C2CC2)C3)oc1C(F)(F)F. The van der Waals surface area contributed by atoms with Gasteiger partial charge in [0.15, 0.2) is 0 Å². The highest BCUT2D eigenvalue weighted by Crippen LogP contribution is 2.56. The quantitative estimate of drug-likeness (QED) is 0.291. The first-order valence-corrected chi connectivity index (χ1v) is 13.8. The van der Waals surface area contributed by atoms with E-state index in [0.29, 0.717) is 46.3 Å². The number of fused-ring (bicyclic) bond motifs is 2. The van der Waals surface area contributed by atoms with Gasteiger partial charge in [-0.1, -0.05) is 34.4 Å². The number of halogens is 5. The van der Waals surface area contributed by atoms with E-state index in [2.05, 4.69) is 10.1 Å². The molecule has 3 aliphatic carbocycles. The van der Waals surface area contributed by atoms with Crippen LogP contribution in [0.5, 0.6) is 0 Å². The number of aliphatic carboxylic acids is 1. The Labute approximate surface area is 236 Å². The molecule has 13 heteroatoms. The van der Waals surface area contributed by atoms with Crippen molar-refractivity contribution < 1.29 is 41.9 Å². The molecule has 0 unspecified atom stereocenters. The van der Waals surface area contributed by atoms with Crippen molar-refractivity contribution in [3.63, 3.8) is 0 Å². The number of benzene rings is 1. The van der Waals surface area contributed by atoms with Crippen LogP contribution in [0.1, 0.15) is 79.0 Å². The van der Waals surface area contributed by atoms with Crippen molar-refractivity contribution >= 4 is 29.2 Å². The molecular weight excluding hydrogens is 576 g/mol. The van der Waals surface area contributed by atoms with Crippen LogP contribution in [0.2, 0.25) is 10.0 Å². The molecule has 3 fully saturated rings. The topological polar surface area (TPSA) is 119 Å². The number of carboxylic acids is 1. The molecule has 2 N–H and O–H groups in total. The molecule has 40 heavy (non-hydrogen) atoms. The minimum atomic E-state index is -4.90. The van der Waals surface area contributed by atoms with Gasteiger partial charge in [-0.15, -0.1) is 0 Å². The minimum Gasteiger partial charge on any atom is -0.481 e. The molecule has 0 spiro atoms. The van der Waals surface area contributed by atoms with Crippen LogP contribution in [0, 0.1) is 5.92 Å². The van der Waals surface area contributed by atoms with Crippen molar-refractivity contribution in [3.05, 3.63) is 56.9 Å². The average molecular weight is 601 g/mol. The first kappa shape index (κ1) is 27.6. The Bertz CT molecular complexity index is 1430. The Morgan fingerprint density at radius 1 is 1.20 bits per heavy atom. The number of aromatic nitrogens is 2. The minimum absolute atomic E-state index is 0.129. The maximum atomic E-state index is 13.5. The van der Waals surface area contributed by atoms with E-state index in [-0.39, 0.29) is 30.8 Å². The third-order valence-corrected chi connectivity index (χ3v) is 8.76. The van der Waals surface area contributed by atoms with E-state index in [1.807, 2.05) is 0 Å². The fourth-order valence-electron chi connectivity index (χ4n) is 6.29. The molecule has 6 rings (SSSR count). The molecule has 214 valence electrons. The molecule has 4 atom stereocenters. The standard InChI is InChI=1S/C27H25Cl2F3N2O6/c28-16-2-1-3-17(29)20(16)22-15(23(40-34-22)12-4-5-12)11-38-14-8-13-6-7-26(37,10-14)21(13)25-33-18(9-19(35)36)24(39-25)27(30,31)32/h1-3,12-14,21,37H,4-11H2,(H,35,36)/t13-,14-,21-,26+/m0/s1. The van der Waals surface area contributed by atoms with Crippen LogP contribution in [0.4, 0.5) is 13.2 Å². The van der Waals surface area contributed by atoms with E-state index in [9.17, 15) is 23.1 Å². The Morgan fingerprint density at radius 3 is 2.55 bits per heavy atom. The zero-order chi connectivity index (χ0) is 28.4. The molecule has 3 aliphatic rings. The van der Waals surface area contributed by atoms with E-state index < -0.39 is 47.6 Å². The van der Waals surface area contributed by atoms with Crippen molar-refractivity contribution in [1.29, 1.82) is 0 Å². The first-order chi connectivity index (χ1) is 18.9. The number of aliphatic hydroxyl groups is 1. The van der Waals surface area contributed by atoms with E-state index in [1.165, 1.54) is 0 Å². The van der Waals surface area contributed by atoms with Crippen LogP contribution in [-0.2, 0) is 28.7 Å². The second-order valence-corrected chi connectivity index (χ2v) is 11.7. The van der Waals surface area contributed by atoms with Crippen molar-refractivity contribution in [2.75, 3.05) is 0 Å². The lowest BCUT2D eigenvalue weighted by Crippen LogP contribution is -2.43. The van der Waals surface area contributed by atoms with E-state index in [4.69, 9.17) is 42.0 Å². The van der Waals surface area contributed by atoms with Gasteiger partial charge in [0, 0.05) is 23.5 Å². The number of hydrogen-bond donors (Lipinski definition) is 2. The highest BCUT2D eigenvalue weighted by atomic mass is 35.5. The summed E-state index contributed by atoms with van der Waals surface area (Å²) in [5.41, 5.74) is -0.325. The monoisotopic (exact) mass is 600 g/mol. The van der Waals surface area contributed by atoms with Crippen molar-refractivity contribution in [2.24, 2.45) is 5.92 Å². The lowest BCUT2D eigenvalue weighted by molar-refractivity contribution is -0.155. The van der Waals surface area contributed by atoms with E-state index >= 15 is 0 Å². The van der Waals surface area contributed by atoms with Gasteiger partial charge in [0.2, 0.25) is 11.7 Å². The number of carbonyl (C=O) groups is 1. The molecule has 1 aromatic carbocycles. The molecule has 3 aromatic rings. The normalized spacial score (nSPS) is 26.4. The van der Waals surface area contributed by atoms with Crippen LogP contribution >= 0.6 is 23.2 Å². The number of carboxylic acid groups (broad SMARTS) is 1. The molecule has 0 saturated heterocycles. The lowest BCUT2D eigenvalue weighted by atomic mass is 9.74. The highest BCUT2D eigenvalue weighted by Gasteiger charge is 2.56. The summed E-state index contributed by atoms with van der Waals surface area (Å²) >= 11 is 12.9. The van der Waals surface area contributed by atoms with Gasteiger partial charge in [0.05, 0.1) is 40.7 Å². The van der Waals surface area contributed by atoms with Gasteiger partial charge < -0.3 is 23.9 Å². The molecule has 0 aliphatic heterocycles. The van der Waals surface area contributed by atoms with Crippen molar-refractivity contribution in [1.82, 2.24) is 10.1 Å². The Hall–Kier alpha value is -2.60. The summed E-state index contributed by atoms with van der Waals surface area (Å²) in [7, 11) is 0. The summed E-state index contributed by atoms with van der Waals surface area (Å²) in [6.45, 7) is 0.129. The molecule has 0 radical (unpaired) electrons. The van der Waals surface area contributed by atoms with Crippen LogP contribution in [0.15, 0.2) is 27.1 Å². The molecule has 2 aromatic heterocycles.